The van der Waals surface area contributed by atoms with Crippen molar-refractivity contribution in [3.8, 4) is 0 Å². The van der Waals surface area contributed by atoms with E-state index in [0.717, 1.165) is 11.1 Å². The van der Waals surface area contributed by atoms with Gasteiger partial charge < -0.3 is 5.32 Å². The number of halogens is 1. The molecule has 20 heavy (non-hydrogen) atoms. The van der Waals surface area contributed by atoms with Crippen molar-refractivity contribution in [2.45, 2.75) is 25.8 Å². The first kappa shape index (κ1) is 14.6. The highest BCUT2D eigenvalue weighted by atomic mass is 35.5. The molecule has 1 atom stereocenters. The van der Waals surface area contributed by atoms with Crippen molar-refractivity contribution >= 4 is 17.5 Å². The second-order valence-electron chi connectivity index (χ2n) is 4.94. The summed E-state index contributed by atoms with van der Waals surface area (Å²) in [6.45, 7) is 4.03. The molecule has 2 aromatic carbocycles. The number of nitrogens with one attached hydrogen (secondary N) is 1. The number of carbonyl (C=O) groups is 1. The Balaban J connectivity index is 2.08. The molecule has 0 spiro atoms. The van der Waals surface area contributed by atoms with Gasteiger partial charge in [-0.15, -0.1) is 11.6 Å². The smallest absolute Gasteiger partial charge is 0.251 e. The minimum atomic E-state index is -0.0787. The first-order valence-electron chi connectivity index (χ1n) is 6.62. The zero-order valence-corrected chi connectivity index (χ0v) is 12.4. The van der Waals surface area contributed by atoms with E-state index in [2.05, 4.69) is 5.32 Å². The first-order chi connectivity index (χ1) is 9.60. The van der Waals surface area contributed by atoms with Crippen LogP contribution in [0.2, 0.25) is 0 Å². The number of benzene rings is 2. The lowest BCUT2D eigenvalue weighted by Crippen LogP contribution is -2.26. The SMILES string of the molecule is Cc1ccc([C@@H](C)NC(=O)c2cccc(CCl)c2)cc1. The molecule has 2 rings (SSSR count). The van der Waals surface area contributed by atoms with Crippen LogP contribution in [0.15, 0.2) is 48.5 Å². The van der Waals surface area contributed by atoms with Gasteiger partial charge in [-0.3, -0.25) is 4.79 Å². The van der Waals surface area contributed by atoms with Gasteiger partial charge in [-0.2, -0.15) is 0 Å². The summed E-state index contributed by atoms with van der Waals surface area (Å²) < 4.78 is 0. The Labute approximate surface area is 124 Å². The molecule has 0 unspecified atom stereocenters. The minimum Gasteiger partial charge on any atom is -0.346 e. The van der Waals surface area contributed by atoms with Crippen molar-refractivity contribution in [2.75, 3.05) is 0 Å². The quantitative estimate of drug-likeness (QED) is 0.838. The molecule has 104 valence electrons. The van der Waals surface area contributed by atoms with E-state index in [-0.39, 0.29) is 11.9 Å². The van der Waals surface area contributed by atoms with Crippen LogP contribution in [-0.4, -0.2) is 5.91 Å². The van der Waals surface area contributed by atoms with Gasteiger partial charge in [0.1, 0.15) is 0 Å². The van der Waals surface area contributed by atoms with Crippen molar-refractivity contribution in [1.29, 1.82) is 0 Å². The number of hydrogen-bond donors (Lipinski definition) is 1. The molecule has 0 aromatic heterocycles. The molecule has 0 fully saturated rings. The van der Waals surface area contributed by atoms with Crippen molar-refractivity contribution in [3.05, 3.63) is 70.8 Å². The number of amides is 1. The van der Waals surface area contributed by atoms with Crippen molar-refractivity contribution in [1.82, 2.24) is 5.32 Å². The molecule has 0 bridgehead atoms. The molecule has 0 aliphatic heterocycles. The predicted octanol–water partition coefficient (Wildman–Crippen LogP) is 4.22. The second kappa shape index (κ2) is 6.58. The molecule has 0 aliphatic rings. The Morgan fingerprint density at radius 1 is 1.20 bits per heavy atom. The van der Waals surface area contributed by atoms with Gasteiger partial charge in [0.05, 0.1) is 6.04 Å². The molecular formula is C17H18ClNO. The van der Waals surface area contributed by atoms with Gasteiger partial charge in [-0.1, -0.05) is 42.0 Å². The van der Waals surface area contributed by atoms with Crippen molar-refractivity contribution < 1.29 is 4.79 Å². The molecule has 0 saturated carbocycles. The predicted molar refractivity (Wildman–Crippen MR) is 83.1 cm³/mol. The number of carbonyl (C=O) groups excluding carboxylic acids is 1. The highest BCUT2D eigenvalue weighted by Crippen LogP contribution is 2.15. The lowest BCUT2D eigenvalue weighted by molar-refractivity contribution is 0.0940. The van der Waals surface area contributed by atoms with E-state index >= 15 is 0 Å². The van der Waals surface area contributed by atoms with Crippen LogP contribution in [0.25, 0.3) is 0 Å². The van der Waals surface area contributed by atoms with E-state index in [4.69, 9.17) is 11.6 Å². The van der Waals surface area contributed by atoms with Gasteiger partial charge in [0, 0.05) is 11.4 Å². The monoisotopic (exact) mass is 287 g/mol. The summed E-state index contributed by atoms with van der Waals surface area (Å²) in [5.41, 5.74) is 3.89. The van der Waals surface area contributed by atoms with Crippen LogP contribution >= 0.6 is 11.6 Å². The molecule has 3 heteroatoms. The third-order valence-corrected chi connectivity index (χ3v) is 3.58. The minimum absolute atomic E-state index is 0.0252. The zero-order chi connectivity index (χ0) is 14.5. The van der Waals surface area contributed by atoms with E-state index in [1.165, 1.54) is 5.56 Å². The maximum Gasteiger partial charge on any atom is 0.251 e. The third-order valence-electron chi connectivity index (χ3n) is 3.27. The fourth-order valence-electron chi connectivity index (χ4n) is 2.01. The highest BCUT2D eigenvalue weighted by Gasteiger charge is 2.11. The van der Waals surface area contributed by atoms with Crippen LogP contribution in [0, 0.1) is 6.92 Å². The van der Waals surface area contributed by atoms with Gasteiger partial charge in [0.15, 0.2) is 0 Å². The van der Waals surface area contributed by atoms with Crippen LogP contribution in [0.5, 0.6) is 0 Å². The average molecular weight is 288 g/mol. The zero-order valence-electron chi connectivity index (χ0n) is 11.7. The van der Waals surface area contributed by atoms with E-state index in [9.17, 15) is 4.79 Å². The largest absolute Gasteiger partial charge is 0.346 e. The highest BCUT2D eigenvalue weighted by molar-refractivity contribution is 6.17. The molecule has 0 aliphatic carbocycles. The van der Waals surface area contributed by atoms with Gasteiger partial charge in [-0.25, -0.2) is 0 Å². The lowest BCUT2D eigenvalue weighted by Gasteiger charge is -2.15. The van der Waals surface area contributed by atoms with E-state index in [1.54, 1.807) is 6.07 Å². The molecule has 0 radical (unpaired) electrons. The summed E-state index contributed by atoms with van der Waals surface area (Å²) in [6.07, 6.45) is 0. The number of aryl methyl sites for hydroxylation is 1. The van der Waals surface area contributed by atoms with Gasteiger partial charge in [-0.05, 0) is 37.1 Å². The Hall–Kier alpha value is -1.80. The van der Waals surface area contributed by atoms with Crippen LogP contribution in [0.3, 0.4) is 0 Å². The summed E-state index contributed by atoms with van der Waals surface area (Å²) in [4.78, 5) is 12.2. The second-order valence-corrected chi connectivity index (χ2v) is 5.21. The molecule has 2 aromatic rings. The maximum absolute atomic E-state index is 12.2. The fraction of sp³-hybridized carbons (Fsp3) is 0.235. The lowest BCUT2D eigenvalue weighted by atomic mass is 10.1. The third kappa shape index (κ3) is 3.61. The van der Waals surface area contributed by atoms with Crippen LogP contribution < -0.4 is 5.32 Å². The Kier molecular flexibility index (Phi) is 4.80. The number of hydrogen-bond acceptors (Lipinski definition) is 1. The molecule has 0 saturated heterocycles. The van der Waals surface area contributed by atoms with Gasteiger partial charge in [0.2, 0.25) is 0 Å². The summed E-state index contributed by atoms with van der Waals surface area (Å²) in [5, 5.41) is 3.00. The topological polar surface area (TPSA) is 29.1 Å². The standard InChI is InChI=1S/C17H18ClNO/c1-12-6-8-15(9-7-12)13(2)19-17(20)16-5-3-4-14(10-16)11-18/h3-10,13H,11H2,1-2H3,(H,19,20)/t13-/m1/s1. The summed E-state index contributed by atoms with van der Waals surface area (Å²) in [5.74, 6) is 0.333. The molecule has 0 heterocycles. The molecular weight excluding hydrogens is 270 g/mol. The summed E-state index contributed by atoms with van der Waals surface area (Å²) in [7, 11) is 0. The Bertz CT molecular complexity index is 592. The van der Waals surface area contributed by atoms with Crippen molar-refractivity contribution in [3.63, 3.8) is 0 Å². The number of alkyl halides is 1. The van der Waals surface area contributed by atoms with E-state index in [0.29, 0.717) is 11.4 Å². The van der Waals surface area contributed by atoms with Gasteiger partial charge >= 0.3 is 0 Å². The van der Waals surface area contributed by atoms with E-state index in [1.807, 2.05) is 56.3 Å². The summed E-state index contributed by atoms with van der Waals surface area (Å²) in [6, 6.07) is 15.5. The molecule has 1 N–H and O–H groups in total. The molecule has 2 nitrogen and oxygen atoms in total. The first-order valence-corrected chi connectivity index (χ1v) is 7.16. The summed E-state index contributed by atoms with van der Waals surface area (Å²) >= 11 is 5.79. The van der Waals surface area contributed by atoms with E-state index < -0.39 is 0 Å². The van der Waals surface area contributed by atoms with Crippen LogP contribution in [0.1, 0.15) is 40.0 Å². The Morgan fingerprint density at radius 2 is 1.90 bits per heavy atom. The Morgan fingerprint density at radius 3 is 2.55 bits per heavy atom. The van der Waals surface area contributed by atoms with Crippen LogP contribution in [0.4, 0.5) is 0 Å². The average Bonchev–Trinajstić information content (AvgIpc) is 2.47. The van der Waals surface area contributed by atoms with Gasteiger partial charge in [0.25, 0.3) is 5.91 Å². The number of rotatable bonds is 4. The normalized spacial score (nSPS) is 11.9. The van der Waals surface area contributed by atoms with Crippen molar-refractivity contribution in [2.24, 2.45) is 0 Å². The van der Waals surface area contributed by atoms with Crippen LogP contribution in [-0.2, 0) is 5.88 Å². The maximum atomic E-state index is 12.2. The molecule has 1 amide bonds. The fourth-order valence-corrected chi connectivity index (χ4v) is 2.18.